The molecule has 0 aliphatic carbocycles. The van der Waals surface area contributed by atoms with Crippen molar-refractivity contribution in [2.75, 3.05) is 19.8 Å². The zero-order valence-corrected chi connectivity index (χ0v) is 9.06. The van der Waals surface area contributed by atoms with Gasteiger partial charge in [-0.25, -0.2) is 4.39 Å². The highest BCUT2D eigenvalue weighted by atomic mass is 35.5. The van der Waals surface area contributed by atoms with Crippen LogP contribution in [0.2, 0.25) is 5.02 Å². The minimum atomic E-state index is -0.260. The fourth-order valence-electron chi connectivity index (χ4n) is 1.96. The first-order valence-electron chi connectivity index (χ1n) is 4.91. The number of nitrogens with two attached hydrogens (primary N) is 1. The standard InChI is InChI=1S/C11H13ClFNO/c12-8-1-2-10(13)9(5-8)11(3-4-14)6-15-7-11/h1-2,5H,3-4,6-7,14H2. The van der Waals surface area contributed by atoms with Gasteiger partial charge in [-0.05, 0) is 31.2 Å². The molecule has 1 heterocycles. The third-order valence-corrected chi connectivity index (χ3v) is 3.11. The van der Waals surface area contributed by atoms with E-state index in [1.165, 1.54) is 6.07 Å². The second kappa shape index (κ2) is 4.08. The zero-order chi connectivity index (χ0) is 10.9. The average Bonchev–Trinajstić information content (AvgIpc) is 2.16. The van der Waals surface area contributed by atoms with Crippen LogP contribution in [-0.2, 0) is 10.2 Å². The molecule has 0 amide bonds. The summed E-state index contributed by atoms with van der Waals surface area (Å²) in [5, 5.41) is 0.551. The molecule has 1 fully saturated rings. The summed E-state index contributed by atoms with van der Waals surface area (Å²) in [5.41, 5.74) is 5.91. The van der Waals surface area contributed by atoms with Crippen molar-refractivity contribution in [2.45, 2.75) is 11.8 Å². The fraction of sp³-hybridized carbons (Fsp3) is 0.455. The maximum atomic E-state index is 13.7. The molecule has 1 aliphatic rings. The minimum absolute atomic E-state index is 0.226. The summed E-state index contributed by atoms with van der Waals surface area (Å²) in [5.74, 6) is -0.226. The molecular formula is C11H13ClFNO. The van der Waals surface area contributed by atoms with E-state index >= 15 is 0 Å². The summed E-state index contributed by atoms with van der Waals surface area (Å²) in [6.45, 7) is 1.58. The van der Waals surface area contributed by atoms with Gasteiger partial charge in [0.15, 0.2) is 0 Å². The molecule has 1 aliphatic heterocycles. The Kier molecular flexibility index (Phi) is 2.96. The Morgan fingerprint density at radius 3 is 2.73 bits per heavy atom. The lowest BCUT2D eigenvalue weighted by molar-refractivity contribution is -0.0646. The molecule has 1 aromatic rings. The van der Waals surface area contributed by atoms with Crippen molar-refractivity contribution in [3.8, 4) is 0 Å². The van der Waals surface area contributed by atoms with Crippen LogP contribution in [0.15, 0.2) is 18.2 Å². The molecule has 15 heavy (non-hydrogen) atoms. The predicted molar refractivity (Wildman–Crippen MR) is 57.6 cm³/mol. The lowest BCUT2D eigenvalue weighted by Gasteiger charge is -2.42. The lowest BCUT2D eigenvalue weighted by atomic mass is 9.75. The van der Waals surface area contributed by atoms with E-state index in [1.807, 2.05) is 0 Å². The van der Waals surface area contributed by atoms with Gasteiger partial charge in [0.2, 0.25) is 0 Å². The predicted octanol–water partition coefficient (Wildman–Crippen LogP) is 2.10. The second-order valence-electron chi connectivity index (χ2n) is 3.94. The van der Waals surface area contributed by atoms with Crippen molar-refractivity contribution in [1.82, 2.24) is 0 Å². The summed E-state index contributed by atoms with van der Waals surface area (Å²) < 4.78 is 18.8. The van der Waals surface area contributed by atoms with Crippen molar-refractivity contribution >= 4 is 11.6 Å². The van der Waals surface area contributed by atoms with Crippen LogP contribution in [0.4, 0.5) is 4.39 Å². The van der Waals surface area contributed by atoms with Gasteiger partial charge < -0.3 is 10.5 Å². The molecule has 4 heteroatoms. The largest absolute Gasteiger partial charge is 0.379 e. The molecule has 2 N–H and O–H groups in total. The normalized spacial score (nSPS) is 18.6. The highest BCUT2D eigenvalue weighted by Gasteiger charge is 2.41. The molecule has 2 rings (SSSR count). The Balaban J connectivity index is 2.37. The van der Waals surface area contributed by atoms with Gasteiger partial charge in [-0.1, -0.05) is 11.6 Å². The number of hydrogen-bond donors (Lipinski definition) is 1. The molecule has 2 nitrogen and oxygen atoms in total. The molecule has 82 valence electrons. The van der Waals surface area contributed by atoms with E-state index in [0.717, 1.165) is 6.42 Å². The average molecular weight is 230 g/mol. The topological polar surface area (TPSA) is 35.2 Å². The first kappa shape index (κ1) is 10.9. The molecule has 1 saturated heterocycles. The molecule has 0 unspecified atom stereocenters. The summed E-state index contributed by atoms with van der Waals surface area (Å²) in [4.78, 5) is 0. The summed E-state index contributed by atoms with van der Waals surface area (Å²) >= 11 is 5.87. The Morgan fingerprint density at radius 1 is 1.47 bits per heavy atom. The number of rotatable bonds is 3. The van der Waals surface area contributed by atoms with Gasteiger partial charge in [-0.3, -0.25) is 0 Å². The van der Waals surface area contributed by atoms with Crippen LogP contribution in [0, 0.1) is 5.82 Å². The van der Waals surface area contributed by atoms with Crippen LogP contribution in [0.25, 0.3) is 0 Å². The van der Waals surface area contributed by atoms with Crippen molar-refractivity contribution in [3.63, 3.8) is 0 Å². The Bertz CT molecular complexity index is 366. The Hall–Kier alpha value is -0.640. The molecule has 0 radical (unpaired) electrons. The van der Waals surface area contributed by atoms with Gasteiger partial charge in [0, 0.05) is 16.0 Å². The van der Waals surface area contributed by atoms with E-state index in [2.05, 4.69) is 0 Å². The maximum absolute atomic E-state index is 13.7. The summed E-state index contributed by atoms with van der Waals surface area (Å²) in [6.07, 6.45) is 0.726. The van der Waals surface area contributed by atoms with Crippen molar-refractivity contribution < 1.29 is 9.13 Å². The van der Waals surface area contributed by atoms with Gasteiger partial charge in [-0.15, -0.1) is 0 Å². The quantitative estimate of drug-likeness (QED) is 0.862. The first-order chi connectivity index (χ1) is 7.18. The van der Waals surface area contributed by atoms with E-state index in [9.17, 15) is 4.39 Å². The maximum Gasteiger partial charge on any atom is 0.127 e. The first-order valence-corrected chi connectivity index (χ1v) is 5.29. The minimum Gasteiger partial charge on any atom is -0.379 e. The van der Waals surface area contributed by atoms with Gasteiger partial charge in [-0.2, -0.15) is 0 Å². The number of ether oxygens (including phenoxy) is 1. The lowest BCUT2D eigenvalue weighted by Crippen LogP contribution is -2.48. The number of halogens is 2. The highest BCUT2D eigenvalue weighted by Crippen LogP contribution is 2.37. The van der Waals surface area contributed by atoms with E-state index in [-0.39, 0.29) is 11.2 Å². The van der Waals surface area contributed by atoms with E-state index < -0.39 is 0 Å². The van der Waals surface area contributed by atoms with Crippen LogP contribution in [-0.4, -0.2) is 19.8 Å². The van der Waals surface area contributed by atoms with Crippen LogP contribution in [0.1, 0.15) is 12.0 Å². The third kappa shape index (κ3) is 1.87. The van der Waals surface area contributed by atoms with Crippen LogP contribution < -0.4 is 5.73 Å². The van der Waals surface area contributed by atoms with Crippen molar-refractivity contribution in [1.29, 1.82) is 0 Å². The molecule has 1 aromatic carbocycles. The molecular weight excluding hydrogens is 217 g/mol. The van der Waals surface area contributed by atoms with E-state index in [1.54, 1.807) is 12.1 Å². The van der Waals surface area contributed by atoms with Crippen molar-refractivity contribution in [3.05, 3.63) is 34.6 Å². The van der Waals surface area contributed by atoms with E-state index in [4.69, 9.17) is 22.1 Å². The van der Waals surface area contributed by atoms with Crippen molar-refractivity contribution in [2.24, 2.45) is 5.73 Å². The summed E-state index contributed by atoms with van der Waals surface area (Å²) in [7, 11) is 0. The van der Waals surface area contributed by atoms with Gasteiger partial charge >= 0.3 is 0 Å². The van der Waals surface area contributed by atoms with Gasteiger partial charge in [0.1, 0.15) is 5.82 Å². The number of benzene rings is 1. The monoisotopic (exact) mass is 229 g/mol. The smallest absolute Gasteiger partial charge is 0.127 e. The summed E-state index contributed by atoms with van der Waals surface area (Å²) in [6, 6.07) is 4.62. The molecule has 0 saturated carbocycles. The van der Waals surface area contributed by atoms with E-state index in [0.29, 0.717) is 30.3 Å². The molecule has 0 aromatic heterocycles. The molecule has 0 bridgehead atoms. The zero-order valence-electron chi connectivity index (χ0n) is 8.30. The van der Waals surface area contributed by atoms with Crippen LogP contribution in [0.5, 0.6) is 0 Å². The molecule has 0 atom stereocenters. The Morgan fingerprint density at radius 2 is 2.20 bits per heavy atom. The Labute approximate surface area is 93.2 Å². The highest BCUT2D eigenvalue weighted by molar-refractivity contribution is 6.30. The third-order valence-electron chi connectivity index (χ3n) is 2.88. The second-order valence-corrected chi connectivity index (χ2v) is 4.37. The molecule has 0 spiro atoms. The number of hydrogen-bond acceptors (Lipinski definition) is 2. The van der Waals surface area contributed by atoms with Crippen LogP contribution in [0.3, 0.4) is 0 Å². The van der Waals surface area contributed by atoms with Crippen LogP contribution >= 0.6 is 11.6 Å². The SMILES string of the molecule is NCCC1(c2cc(Cl)ccc2F)COC1. The van der Waals surface area contributed by atoms with Gasteiger partial charge in [0.05, 0.1) is 13.2 Å². The van der Waals surface area contributed by atoms with Gasteiger partial charge in [0.25, 0.3) is 0 Å². The fourth-order valence-corrected chi connectivity index (χ4v) is 2.14.